The number of hydrogen-bond donors (Lipinski definition) is 1. The Bertz CT molecular complexity index is 415. The van der Waals surface area contributed by atoms with Gasteiger partial charge in [-0.25, -0.2) is 0 Å². The molecule has 0 aromatic heterocycles. The molecule has 0 saturated heterocycles. The summed E-state index contributed by atoms with van der Waals surface area (Å²) in [5.41, 5.74) is 2.25. The van der Waals surface area contributed by atoms with E-state index < -0.39 is 0 Å². The van der Waals surface area contributed by atoms with Crippen LogP contribution in [0.1, 0.15) is 26.3 Å². The van der Waals surface area contributed by atoms with Crippen LogP contribution in [0.25, 0.3) is 0 Å². The van der Waals surface area contributed by atoms with Gasteiger partial charge >= 0.3 is 0 Å². The van der Waals surface area contributed by atoms with Crippen molar-refractivity contribution in [3.63, 3.8) is 0 Å². The second-order valence-corrected chi connectivity index (χ2v) is 3.83. The Labute approximate surface area is 85.9 Å². The van der Waals surface area contributed by atoms with Gasteiger partial charge in [-0.1, -0.05) is 11.8 Å². The molecule has 1 aromatic carbocycles. The van der Waals surface area contributed by atoms with Gasteiger partial charge in [0.25, 0.3) is 5.91 Å². The average Bonchev–Trinajstić information content (AvgIpc) is 2.59. The topological polar surface area (TPSA) is 46.2 Å². The molecule has 4 heteroatoms. The largest absolute Gasteiger partial charge is 0.348 e. The number of hydrogen-bond acceptors (Lipinski definition) is 3. The molecular weight excluding hydrogens is 198 g/mol. The van der Waals surface area contributed by atoms with Crippen LogP contribution < -0.4 is 5.32 Å². The monoisotopic (exact) mass is 207 g/mol. The number of benzene rings is 1. The van der Waals surface area contributed by atoms with Crippen molar-refractivity contribution in [2.75, 3.05) is 6.26 Å². The molecule has 0 bridgehead atoms. The Hall–Kier alpha value is -1.29. The lowest BCUT2D eigenvalue weighted by Gasteiger charge is -1.99. The van der Waals surface area contributed by atoms with Gasteiger partial charge in [0.2, 0.25) is 5.12 Å². The summed E-state index contributed by atoms with van der Waals surface area (Å²) in [6, 6.07) is 5.19. The predicted molar refractivity (Wildman–Crippen MR) is 55.5 cm³/mol. The molecule has 2 rings (SSSR count). The summed E-state index contributed by atoms with van der Waals surface area (Å²) >= 11 is 1.18. The van der Waals surface area contributed by atoms with Gasteiger partial charge in [-0.05, 0) is 30.0 Å². The summed E-state index contributed by atoms with van der Waals surface area (Å²) < 4.78 is 0. The smallest absolute Gasteiger partial charge is 0.251 e. The fourth-order valence-corrected chi connectivity index (χ4v) is 1.84. The molecule has 3 nitrogen and oxygen atoms in total. The maximum absolute atomic E-state index is 11.4. The van der Waals surface area contributed by atoms with E-state index >= 15 is 0 Å². The Morgan fingerprint density at radius 3 is 3.00 bits per heavy atom. The van der Waals surface area contributed by atoms with E-state index in [1.54, 1.807) is 24.5 Å². The van der Waals surface area contributed by atoms with E-state index in [-0.39, 0.29) is 11.0 Å². The summed E-state index contributed by atoms with van der Waals surface area (Å²) in [6.45, 7) is 0.531. The van der Waals surface area contributed by atoms with E-state index in [1.165, 1.54) is 11.8 Å². The van der Waals surface area contributed by atoms with Crippen LogP contribution in [-0.2, 0) is 6.54 Å². The summed E-state index contributed by atoms with van der Waals surface area (Å²) in [5.74, 6) is -0.0526. The van der Waals surface area contributed by atoms with Gasteiger partial charge in [-0.3, -0.25) is 9.59 Å². The van der Waals surface area contributed by atoms with E-state index in [4.69, 9.17) is 0 Å². The number of thioether (sulfide) groups is 1. The standard InChI is InChI=1S/C10H9NO2S/c1-14-10(13)6-2-3-8-7(4-6)5-11-9(8)12/h2-4H,5H2,1H3,(H,11,12). The minimum Gasteiger partial charge on any atom is -0.348 e. The van der Waals surface area contributed by atoms with Gasteiger partial charge < -0.3 is 5.32 Å². The Kier molecular flexibility index (Phi) is 2.29. The molecule has 1 heterocycles. The third-order valence-electron chi connectivity index (χ3n) is 2.21. The van der Waals surface area contributed by atoms with Crippen molar-refractivity contribution in [2.45, 2.75) is 6.54 Å². The summed E-state index contributed by atoms with van der Waals surface area (Å²) in [7, 11) is 0. The molecule has 1 aromatic rings. The van der Waals surface area contributed by atoms with Crippen molar-refractivity contribution in [3.05, 3.63) is 34.9 Å². The van der Waals surface area contributed by atoms with Gasteiger partial charge in [-0.15, -0.1) is 0 Å². The molecule has 0 aliphatic carbocycles. The first-order chi connectivity index (χ1) is 6.72. The van der Waals surface area contributed by atoms with Crippen LogP contribution in [0, 0.1) is 0 Å². The van der Waals surface area contributed by atoms with Gasteiger partial charge in [0, 0.05) is 17.7 Å². The Balaban J connectivity index is 2.42. The van der Waals surface area contributed by atoms with Crippen LogP contribution in [0.3, 0.4) is 0 Å². The summed E-state index contributed by atoms with van der Waals surface area (Å²) in [4.78, 5) is 22.6. The number of rotatable bonds is 1. The molecule has 14 heavy (non-hydrogen) atoms. The first kappa shape index (κ1) is 9.27. The first-order valence-electron chi connectivity index (χ1n) is 4.22. The van der Waals surface area contributed by atoms with Crippen molar-refractivity contribution in [2.24, 2.45) is 0 Å². The zero-order valence-electron chi connectivity index (χ0n) is 7.66. The third kappa shape index (κ3) is 1.42. The molecule has 72 valence electrons. The number of amides is 1. The summed E-state index contributed by atoms with van der Waals surface area (Å²) in [6.07, 6.45) is 1.75. The lowest BCUT2D eigenvalue weighted by atomic mass is 10.1. The molecule has 1 N–H and O–H groups in total. The minimum atomic E-state index is -0.0526. The highest BCUT2D eigenvalue weighted by molar-refractivity contribution is 8.13. The molecule has 0 spiro atoms. The fourth-order valence-electron chi connectivity index (χ4n) is 1.48. The van der Waals surface area contributed by atoms with E-state index in [9.17, 15) is 9.59 Å². The second-order valence-electron chi connectivity index (χ2n) is 3.05. The predicted octanol–water partition coefficient (Wildman–Crippen LogP) is 1.43. The number of nitrogens with one attached hydrogen (secondary N) is 1. The van der Waals surface area contributed by atoms with Gasteiger partial charge in [0.15, 0.2) is 0 Å². The fraction of sp³-hybridized carbons (Fsp3) is 0.200. The van der Waals surface area contributed by atoms with Crippen molar-refractivity contribution >= 4 is 22.8 Å². The molecule has 0 radical (unpaired) electrons. The highest BCUT2D eigenvalue weighted by Gasteiger charge is 2.19. The van der Waals surface area contributed by atoms with Crippen LogP contribution >= 0.6 is 11.8 Å². The molecule has 1 amide bonds. The van der Waals surface area contributed by atoms with Crippen LogP contribution in [0.2, 0.25) is 0 Å². The molecule has 0 fully saturated rings. The number of carbonyl (C=O) groups excluding carboxylic acids is 2. The highest BCUT2D eigenvalue weighted by Crippen LogP contribution is 2.19. The van der Waals surface area contributed by atoms with E-state index in [1.807, 2.05) is 0 Å². The summed E-state index contributed by atoms with van der Waals surface area (Å²) in [5, 5.41) is 2.75. The van der Waals surface area contributed by atoms with Crippen molar-refractivity contribution < 1.29 is 9.59 Å². The normalized spacial score (nSPS) is 13.6. The Morgan fingerprint density at radius 1 is 1.50 bits per heavy atom. The van der Waals surface area contributed by atoms with E-state index in [2.05, 4.69) is 5.32 Å². The zero-order chi connectivity index (χ0) is 10.1. The van der Waals surface area contributed by atoms with Gasteiger partial charge in [-0.2, -0.15) is 0 Å². The number of carbonyl (C=O) groups is 2. The SMILES string of the molecule is CSC(=O)c1ccc2c(c1)CNC2=O. The zero-order valence-corrected chi connectivity index (χ0v) is 8.48. The van der Waals surface area contributed by atoms with Gasteiger partial charge in [0.1, 0.15) is 0 Å². The molecule has 1 aliphatic rings. The van der Waals surface area contributed by atoms with Crippen LogP contribution in [0.5, 0.6) is 0 Å². The molecular formula is C10H9NO2S. The van der Waals surface area contributed by atoms with Gasteiger partial charge in [0.05, 0.1) is 0 Å². The lowest BCUT2D eigenvalue weighted by molar-refractivity contribution is 0.0965. The van der Waals surface area contributed by atoms with Crippen LogP contribution in [-0.4, -0.2) is 17.3 Å². The van der Waals surface area contributed by atoms with E-state index in [0.29, 0.717) is 17.7 Å². The molecule has 0 atom stereocenters. The maximum Gasteiger partial charge on any atom is 0.251 e. The maximum atomic E-state index is 11.4. The van der Waals surface area contributed by atoms with Crippen molar-refractivity contribution in [1.29, 1.82) is 0 Å². The van der Waals surface area contributed by atoms with Crippen LogP contribution in [0.15, 0.2) is 18.2 Å². The minimum absolute atomic E-state index is 0.0344. The highest BCUT2D eigenvalue weighted by atomic mass is 32.2. The third-order valence-corrected chi connectivity index (χ3v) is 2.82. The number of fused-ring (bicyclic) bond motifs is 1. The van der Waals surface area contributed by atoms with Crippen molar-refractivity contribution in [1.82, 2.24) is 5.32 Å². The molecule has 0 unspecified atom stereocenters. The molecule has 0 saturated carbocycles. The quantitative estimate of drug-likeness (QED) is 0.757. The van der Waals surface area contributed by atoms with Crippen LogP contribution in [0.4, 0.5) is 0 Å². The van der Waals surface area contributed by atoms with Crippen molar-refractivity contribution in [3.8, 4) is 0 Å². The lowest BCUT2D eigenvalue weighted by Crippen LogP contribution is -2.12. The average molecular weight is 207 g/mol. The first-order valence-corrected chi connectivity index (χ1v) is 5.44. The Morgan fingerprint density at radius 2 is 2.29 bits per heavy atom. The second kappa shape index (κ2) is 3.46. The van der Waals surface area contributed by atoms with E-state index in [0.717, 1.165) is 5.56 Å². The molecule has 1 aliphatic heterocycles.